The summed E-state index contributed by atoms with van der Waals surface area (Å²) in [4.78, 5) is 168. The third-order valence-electron chi connectivity index (χ3n) is 14.7. The smallest absolute Gasteiger partial charge is 0.320 e. The number of esters is 1. The number of nitrogens with two attached hydrogens (primary N) is 6. The van der Waals surface area contributed by atoms with Gasteiger partial charge >= 0.3 is 5.97 Å². The lowest BCUT2D eigenvalue weighted by molar-refractivity contribution is -0.151. The van der Waals surface area contributed by atoms with Crippen molar-refractivity contribution in [2.45, 2.75) is 198 Å². The van der Waals surface area contributed by atoms with Crippen LogP contribution < -0.4 is 92.9 Å². The number of hydrogen-bond acceptors (Lipinski definition) is 20. The Morgan fingerprint density at radius 2 is 1.09 bits per heavy atom. The Kier molecular flexibility index (Phi) is 36.4. The molecule has 2 rings (SSSR count). The second-order valence-electron chi connectivity index (χ2n) is 22.7. The topological polar surface area (TPSA) is 523 Å². The highest BCUT2D eigenvalue weighted by Gasteiger charge is 2.38. The number of aliphatic hydroxyl groups excluding tert-OH is 1. The Hall–Kier alpha value is -7.42. The fourth-order valence-corrected chi connectivity index (χ4v) is 9.43. The molecule has 0 unspecified atom stereocenters. The van der Waals surface area contributed by atoms with E-state index >= 15 is 0 Å². The zero-order valence-electron chi connectivity index (χ0n) is 52.3. The maximum atomic E-state index is 14.6. The number of aliphatic hydroxyl groups is 1. The van der Waals surface area contributed by atoms with Crippen LogP contribution in [0.25, 0.3) is 0 Å². The third kappa shape index (κ3) is 28.3. The maximum absolute atomic E-state index is 14.6. The molecule has 0 saturated carbocycles. The van der Waals surface area contributed by atoms with Gasteiger partial charge in [0.25, 0.3) is 0 Å². The highest BCUT2D eigenvalue weighted by atomic mass is 16.5. The highest BCUT2D eigenvalue weighted by Crippen LogP contribution is 2.14. The first-order valence-corrected chi connectivity index (χ1v) is 30.7. The summed E-state index contributed by atoms with van der Waals surface area (Å²) in [6.45, 7) is 8.27. The maximum Gasteiger partial charge on any atom is 0.320 e. The molecule has 24 N–H and O–H groups in total. The molecule has 1 aliphatic rings. The van der Waals surface area contributed by atoms with Crippen LogP contribution in [0.1, 0.15) is 124 Å². The Morgan fingerprint density at radius 3 is 1.61 bits per heavy atom. The molecule has 89 heavy (non-hydrogen) atoms. The first kappa shape index (κ1) is 77.7. The number of benzene rings is 1. The Bertz CT molecular complexity index is 2460. The molecule has 1 heterocycles. The average molecular weight is 1260 g/mol. The number of amides is 11. The summed E-state index contributed by atoms with van der Waals surface area (Å²) in [6, 6.07) is -6.59. The largest absolute Gasteiger partial charge is 0.459 e. The van der Waals surface area contributed by atoms with Gasteiger partial charge in [0.05, 0.1) is 12.6 Å². The van der Waals surface area contributed by atoms with E-state index in [1.807, 2.05) is 0 Å². The van der Waals surface area contributed by atoms with E-state index in [0.717, 1.165) is 19.3 Å². The van der Waals surface area contributed by atoms with Gasteiger partial charge in [0.2, 0.25) is 65.0 Å². The Labute approximate surface area is 520 Å². The molecule has 13 atom stereocenters. The normalized spacial score (nSPS) is 22.3. The number of carbonyl (C=O) groups excluding carboxylic acids is 12. The fraction of sp³-hybridized carbons (Fsp3) is 0.690. The SMILES string of the molecule is CC[C@H](C)CCCCC(=O)N[C@@H](CCN)C(=O)N[C@H](C(=O)N[C@@H](CCN)C(=O)N[C@H]1CCNC(=O)[C@H]([C@@H](C)O)NC(=O)[C@H](CCN)NC(=O)[C@H](CCN)NC(=O)[C@H](CC(C)C)NC(=O)[C@@H](Cc2ccccc2)NC(=O)[C@H](CCN)NC1=O)[C@@H](C)OC(=O)CN. The molecule has 11 amide bonds. The van der Waals surface area contributed by atoms with Gasteiger partial charge in [-0.05, 0) is 115 Å². The van der Waals surface area contributed by atoms with Gasteiger partial charge in [0.1, 0.15) is 66.5 Å². The standard InChI is InChI=1S/C58H101N17O14/c1-7-33(4)13-11-12-16-45(77)66-37(17-23-59)53(83)75-48(35(6)89-46(78)31-64)58(88)71-40(20-26-62)50(80)70-42-22-28-65-57(87)47(34(5)76)74-54(84)41(21-27-63)68-49(79)38(18-24-60)69-55(85)43(29-32(2)3)72-56(86)44(30-36-14-9-8-10-15-36)73-51(81)39(19-25-61)67-52(42)82/h8-10,14-15,32-35,37-44,47-48,76H,7,11-13,16-31,59-64H2,1-6H3,(H,65,87)(H,66,77)(H,67,82)(H,68,79)(H,69,85)(H,70,80)(H,71,88)(H,72,86)(H,73,81)(H,74,84)(H,75,83)/t33-,34+,35+,37-,38-,39-,40-,41-,42-,43-,44+,47-,48-/m0/s1. The zero-order valence-corrected chi connectivity index (χ0v) is 52.3. The molecule has 0 spiro atoms. The molecule has 31 nitrogen and oxygen atoms in total. The van der Waals surface area contributed by atoms with E-state index in [1.165, 1.54) is 13.8 Å². The first-order valence-electron chi connectivity index (χ1n) is 30.7. The molecule has 0 aromatic heterocycles. The van der Waals surface area contributed by atoms with E-state index in [0.29, 0.717) is 17.9 Å². The van der Waals surface area contributed by atoms with Crippen LogP contribution in [0.4, 0.5) is 0 Å². The zero-order chi connectivity index (χ0) is 66.8. The van der Waals surface area contributed by atoms with Crippen LogP contribution in [0, 0.1) is 11.8 Å². The molecule has 1 aromatic carbocycles. The van der Waals surface area contributed by atoms with E-state index in [9.17, 15) is 62.6 Å². The van der Waals surface area contributed by atoms with Crippen LogP contribution in [0.3, 0.4) is 0 Å². The van der Waals surface area contributed by atoms with Crippen molar-refractivity contribution in [2.75, 3.05) is 45.8 Å². The van der Waals surface area contributed by atoms with Gasteiger partial charge in [0.15, 0.2) is 0 Å². The Balaban J connectivity index is 2.75. The number of carbonyl (C=O) groups is 12. The van der Waals surface area contributed by atoms with Crippen molar-refractivity contribution in [2.24, 2.45) is 46.2 Å². The quantitative estimate of drug-likeness (QED) is 0.0243. The summed E-state index contributed by atoms with van der Waals surface area (Å²) < 4.78 is 5.34. The van der Waals surface area contributed by atoms with Crippen LogP contribution in [-0.2, 0) is 68.7 Å². The predicted molar refractivity (Wildman–Crippen MR) is 329 cm³/mol. The number of nitrogens with one attached hydrogen (secondary N) is 11. The van der Waals surface area contributed by atoms with Crippen molar-refractivity contribution in [3.63, 3.8) is 0 Å². The fourth-order valence-electron chi connectivity index (χ4n) is 9.43. The minimum absolute atomic E-state index is 0.0341. The molecular formula is C58H101N17O14. The van der Waals surface area contributed by atoms with Gasteiger partial charge in [-0.15, -0.1) is 0 Å². The summed E-state index contributed by atoms with van der Waals surface area (Å²) in [5.74, 6) is -10.7. The van der Waals surface area contributed by atoms with E-state index < -0.39 is 163 Å². The summed E-state index contributed by atoms with van der Waals surface area (Å²) in [7, 11) is 0. The monoisotopic (exact) mass is 1260 g/mol. The molecule has 1 fully saturated rings. The molecule has 0 radical (unpaired) electrons. The van der Waals surface area contributed by atoms with Crippen LogP contribution in [0.2, 0.25) is 0 Å². The first-order chi connectivity index (χ1) is 42.3. The van der Waals surface area contributed by atoms with Crippen LogP contribution in [0.15, 0.2) is 30.3 Å². The summed E-state index contributed by atoms with van der Waals surface area (Å²) in [5.41, 5.74) is 35.6. The minimum Gasteiger partial charge on any atom is -0.459 e. The van der Waals surface area contributed by atoms with E-state index in [4.69, 9.17) is 39.1 Å². The predicted octanol–water partition coefficient (Wildman–Crippen LogP) is -5.74. The minimum atomic E-state index is -1.75. The molecule has 0 bridgehead atoms. The van der Waals surface area contributed by atoms with E-state index in [-0.39, 0.29) is 90.0 Å². The number of hydrogen-bond donors (Lipinski definition) is 18. The van der Waals surface area contributed by atoms with Crippen molar-refractivity contribution < 1.29 is 67.4 Å². The van der Waals surface area contributed by atoms with Crippen LogP contribution in [0.5, 0.6) is 0 Å². The van der Waals surface area contributed by atoms with Gasteiger partial charge in [0, 0.05) is 19.4 Å². The molecule has 1 saturated heterocycles. The van der Waals surface area contributed by atoms with Crippen molar-refractivity contribution in [3.05, 3.63) is 35.9 Å². The summed E-state index contributed by atoms with van der Waals surface area (Å²) >= 11 is 0. The second kappa shape index (κ2) is 41.7. The molecule has 0 aliphatic carbocycles. The number of rotatable bonds is 31. The number of unbranched alkanes of at least 4 members (excludes halogenated alkanes) is 1. The lowest BCUT2D eigenvalue weighted by atomic mass is 10.00. The van der Waals surface area contributed by atoms with Crippen LogP contribution >= 0.6 is 0 Å². The third-order valence-corrected chi connectivity index (χ3v) is 14.7. The van der Waals surface area contributed by atoms with E-state index in [2.05, 4.69) is 72.3 Å². The van der Waals surface area contributed by atoms with Crippen molar-refractivity contribution in [1.29, 1.82) is 0 Å². The van der Waals surface area contributed by atoms with Crippen molar-refractivity contribution in [1.82, 2.24) is 58.5 Å². The van der Waals surface area contributed by atoms with Crippen molar-refractivity contribution in [3.8, 4) is 0 Å². The highest BCUT2D eigenvalue weighted by molar-refractivity contribution is 5.99. The van der Waals surface area contributed by atoms with Crippen molar-refractivity contribution >= 4 is 70.9 Å². The molecule has 31 heteroatoms. The molecule has 1 aromatic rings. The van der Waals surface area contributed by atoms with Gasteiger partial charge in [-0.2, -0.15) is 0 Å². The van der Waals surface area contributed by atoms with Gasteiger partial charge in [-0.25, -0.2) is 0 Å². The Morgan fingerprint density at radius 1 is 0.584 bits per heavy atom. The molecular weight excluding hydrogens is 1160 g/mol. The number of ether oxygens (including phenoxy) is 1. The van der Waals surface area contributed by atoms with Gasteiger partial charge in [-0.1, -0.05) is 77.3 Å². The average Bonchev–Trinajstić information content (AvgIpc) is 2.57. The van der Waals surface area contributed by atoms with E-state index in [1.54, 1.807) is 44.2 Å². The molecule has 502 valence electrons. The van der Waals surface area contributed by atoms with Gasteiger partial charge < -0.3 is 103 Å². The van der Waals surface area contributed by atoms with Gasteiger partial charge in [-0.3, -0.25) is 57.5 Å². The summed E-state index contributed by atoms with van der Waals surface area (Å²) in [6.07, 6.45) is -1.27. The summed E-state index contributed by atoms with van der Waals surface area (Å²) in [5, 5.41) is 39.0. The lowest BCUT2D eigenvalue weighted by Gasteiger charge is -2.29. The van der Waals surface area contributed by atoms with Crippen LogP contribution in [-0.4, -0.2) is 194 Å². The second-order valence-corrected chi connectivity index (χ2v) is 22.7. The molecule has 1 aliphatic heterocycles. The lowest BCUT2D eigenvalue weighted by Crippen LogP contribution is -2.62.